The Hall–Kier alpha value is -2.73. The lowest BCUT2D eigenvalue weighted by molar-refractivity contribution is -0.123. The number of ether oxygens (including phenoxy) is 2. The summed E-state index contributed by atoms with van der Waals surface area (Å²) < 4.78 is 10.8. The van der Waals surface area contributed by atoms with E-state index < -0.39 is 0 Å². The molecule has 134 valence electrons. The fourth-order valence-electron chi connectivity index (χ4n) is 2.60. The predicted octanol–water partition coefficient (Wildman–Crippen LogP) is 4.33. The average Bonchev–Trinajstić information content (AvgIpc) is 2.91. The number of amides is 2. The molecule has 0 saturated carbocycles. The third-order valence-corrected chi connectivity index (χ3v) is 4.75. The van der Waals surface area contributed by atoms with Gasteiger partial charge >= 0.3 is 0 Å². The van der Waals surface area contributed by atoms with Gasteiger partial charge in [0.05, 0.1) is 25.2 Å². The van der Waals surface area contributed by atoms with Gasteiger partial charge in [-0.05, 0) is 48.0 Å². The summed E-state index contributed by atoms with van der Waals surface area (Å²) in [5.74, 6) is 0.949. The van der Waals surface area contributed by atoms with Gasteiger partial charge in [-0.3, -0.25) is 14.5 Å². The maximum absolute atomic E-state index is 12.6. The van der Waals surface area contributed by atoms with Gasteiger partial charge in [-0.1, -0.05) is 36.4 Å². The van der Waals surface area contributed by atoms with Crippen LogP contribution in [-0.4, -0.2) is 29.8 Å². The zero-order chi connectivity index (χ0) is 18.5. The van der Waals surface area contributed by atoms with Gasteiger partial charge in [-0.25, -0.2) is 0 Å². The highest BCUT2D eigenvalue weighted by Gasteiger charge is 2.34. The average molecular weight is 369 g/mol. The molecule has 0 spiro atoms. The molecular weight excluding hydrogens is 350 g/mol. The van der Waals surface area contributed by atoms with Crippen LogP contribution >= 0.6 is 11.8 Å². The van der Waals surface area contributed by atoms with Gasteiger partial charge in [0.2, 0.25) is 0 Å². The Morgan fingerprint density at radius 1 is 1.08 bits per heavy atom. The van der Waals surface area contributed by atoms with Gasteiger partial charge in [-0.15, -0.1) is 0 Å². The topological polar surface area (TPSA) is 55.8 Å². The molecule has 2 aromatic rings. The number of hydrogen-bond acceptors (Lipinski definition) is 5. The maximum atomic E-state index is 12.6. The Labute approximate surface area is 156 Å². The normalized spacial score (nSPS) is 15.6. The third kappa shape index (κ3) is 3.91. The Balaban J connectivity index is 1.81. The first kappa shape index (κ1) is 18.1. The van der Waals surface area contributed by atoms with Crippen molar-refractivity contribution in [3.05, 3.63) is 64.6 Å². The van der Waals surface area contributed by atoms with E-state index in [1.807, 2.05) is 43.3 Å². The van der Waals surface area contributed by atoms with Gasteiger partial charge in [0, 0.05) is 0 Å². The van der Waals surface area contributed by atoms with Crippen molar-refractivity contribution in [2.24, 2.45) is 0 Å². The van der Waals surface area contributed by atoms with Crippen molar-refractivity contribution in [1.29, 1.82) is 0 Å². The molecule has 5 nitrogen and oxygen atoms in total. The third-order valence-electron chi connectivity index (χ3n) is 3.84. The summed E-state index contributed by atoms with van der Waals surface area (Å²) in [7, 11) is 1.56. The second-order valence-corrected chi connectivity index (χ2v) is 6.59. The number of thioether (sulfide) groups is 1. The lowest BCUT2D eigenvalue weighted by Crippen LogP contribution is -2.27. The van der Waals surface area contributed by atoms with E-state index in [9.17, 15) is 9.59 Å². The SMILES string of the molecule is CCOc1ccc(/C=C2/SC(=O)N(Cc3ccccc3)C2=O)cc1OC. The number of hydrogen-bond donors (Lipinski definition) is 0. The minimum absolute atomic E-state index is 0.261. The van der Waals surface area contributed by atoms with Crippen LogP contribution in [0.4, 0.5) is 4.79 Å². The molecule has 3 rings (SSSR count). The summed E-state index contributed by atoms with van der Waals surface area (Å²) in [5, 5.41) is -0.261. The van der Waals surface area contributed by atoms with Crippen LogP contribution in [0.2, 0.25) is 0 Å². The van der Waals surface area contributed by atoms with E-state index in [0.717, 1.165) is 22.9 Å². The molecule has 1 fully saturated rings. The first-order valence-electron chi connectivity index (χ1n) is 8.22. The number of carbonyl (C=O) groups excluding carboxylic acids is 2. The first-order chi connectivity index (χ1) is 12.6. The molecule has 2 amide bonds. The molecule has 1 heterocycles. The molecule has 2 aromatic carbocycles. The van der Waals surface area contributed by atoms with Gasteiger partial charge < -0.3 is 9.47 Å². The lowest BCUT2D eigenvalue weighted by Gasteiger charge is -2.12. The lowest BCUT2D eigenvalue weighted by atomic mass is 10.1. The molecule has 0 N–H and O–H groups in total. The molecule has 0 radical (unpaired) electrons. The number of rotatable bonds is 6. The van der Waals surface area contributed by atoms with Crippen LogP contribution in [0.1, 0.15) is 18.1 Å². The van der Waals surface area contributed by atoms with E-state index in [4.69, 9.17) is 9.47 Å². The Morgan fingerprint density at radius 3 is 2.54 bits per heavy atom. The number of methoxy groups -OCH3 is 1. The first-order valence-corrected chi connectivity index (χ1v) is 9.04. The quantitative estimate of drug-likeness (QED) is 0.710. The highest BCUT2D eigenvalue weighted by atomic mass is 32.2. The Bertz CT molecular complexity index is 848. The van der Waals surface area contributed by atoms with E-state index in [1.54, 1.807) is 25.3 Å². The van der Waals surface area contributed by atoms with Gasteiger partial charge in [-0.2, -0.15) is 0 Å². The van der Waals surface area contributed by atoms with Crippen molar-refractivity contribution in [3.8, 4) is 11.5 Å². The van der Waals surface area contributed by atoms with Crippen LogP contribution in [0.5, 0.6) is 11.5 Å². The summed E-state index contributed by atoms with van der Waals surface area (Å²) in [6.45, 7) is 2.71. The van der Waals surface area contributed by atoms with Crippen LogP contribution in [0.15, 0.2) is 53.4 Å². The van der Waals surface area contributed by atoms with Crippen molar-refractivity contribution < 1.29 is 19.1 Å². The minimum atomic E-state index is -0.281. The molecule has 6 heteroatoms. The standard InChI is InChI=1S/C20H19NO4S/c1-3-25-16-10-9-15(11-17(16)24-2)12-18-19(22)21(20(23)26-18)13-14-7-5-4-6-8-14/h4-12H,3,13H2,1-2H3/b18-12+. The smallest absolute Gasteiger partial charge is 0.293 e. The molecule has 1 saturated heterocycles. The van der Waals surface area contributed by atoms with Gasteiger partial charge in [0.25, 0.3) is 11.1 Å². The zero-order valence-electron chi connectivity index (χ0n) is 14.6. The molecule has 1 aliphatic rings. The monoisotopic (exact) mass is 369 g/mol. The van der Waals surface area contributed by atoms with E-state index in [-0.39, 0.29) is 17.7 Å². The number of nitrogens with zero attached hydrogens (tertiary/aromatic N) is 1. The van der Waals surface area contributed by atoms with Gasteiger partial charge in [0.1, 0.15) is 0 Å². The number of imide groups is 1. The van der Waals surface area contributed by atoms with E-state index in [0.29, 0.717) is 23.0 Å². The summed E-state index contributed by atoms with van der Waals surface area (Å²) in [6, 6.07) is 14.9. The minimum Gasteiger partial charge on any atom is -0.493 e. The molecule has 0 bridgehead atoms. The molecule has 0 unspecified atom stereocenters. The summed E-state index contributed by atoms with van der Waals surface area (Å²) in [5.41, 5.74) is 1.69. The summed E-state index contributed by atoms with van der Waals surface area (Å²) in [4.78, 5) is 26.5. The predicted molar refractivity (Wildman–Crippen MR) is 102 cm³/mol. The second-order valence-electron chi connectivity index (χ2n) is 5.60. The van der Waals surface area contributed by atoms with Crippen molar-refractivity contribution in [3.63, 3.8) is 0 Å². The van der Waals surface area contributed by atoms with Crippen LogP contribution in [0, 0.1) is 0 Å². The van der Waals surface area contributed by atoms with Crippen LogP contribution in [0.3, 0.4) is 0 Å². The van der Waals surface area contributed by atoms with Crippen LogP contribution < -0.4 is 9.47 Å². The molecule has 0 atom stereocenters. The summed E-state index contributed by atoms with van der Waals surface area (Å²) in [6.07, 6.45) is 1.70. The molecule has 26 heavy (non-hydrogen) atoms. The highest BCUT2D eigenvalue weighted by molar-refractivity contribution is 8.18. The van der Waals surface area contributed by atoms with E-state index in [2.05, 4.69) is 0 Å². The van der Waals surface area contributed by atoms with Crippen molar-refractivity contribution in [2.45, 2.75) is 13.5 Å². The number of benzene rings is 2. The largest absolute Gasteiger partial charge is 0.493 e. The van der Waals surface area contributed by atoms with E-state index >= 15 is 0 Å². The fraction of sp³-hybridized carbons (Fsp3) is 0.200. The fourth-order valence-corrected chi connectivity index (χ4v) is 3.44. The maximum Gasteiger partial charge on any atom is 0.293 e. The van der Waals surface area contributed by atoms with E-state index in [1.165, 1.54) is 4.90 Å². The van der Waals surface area contributed by atoms with Crippen LogP contribution in [-0.2, 0) is 11.3 Å². The molecular formula is C20H19NO4S. The number of carbonyl (C=O) groups is 2. The second kappa shape index (κ2) is 8.10. The van der Waals surface area contributed by atoms with Crippen molar-refractivity contribution in [1.82, 2.24) is 4.90 Å². The molecule has 0 aliphatic carbocycles. The van der Waals surface area contributed by atoms with Crippen LogP contribution in [0.25, 0.3) is 6.08 Å². The van der Waals surface area contributed by atoms with Crippen molar-refractivity contribution in [2.75, 3.05) is 13.7 Å². The molecule has 1 aliphatic heterocycles. The Morgan fingerprint density at radius 2 is 1.85 bits per heavy atom. The zero-order valence-corrected chi connectivity index (χ0v) is 15.4. The van der Waals surface area contributed by atoms with Gasteiger partial charge in [0.15, 0.2) is 11.5 Å². The highest BCUT2D eigenvalue weighted by Crippen LogP contribution is 2.35. The Kier molecular flexibility index (Phi) is 5.63. The molecule has 0 aromatic heterocycles. The van der Waals surface area contributed by atoms with Crippen molar-refractivity contribution >= 4 is 29.0 Å². The summed E-state index contributed by atoms with van der Waals surface area (Å²) >= 11 is 0.950.